The highest BCUT2D eigenvalue weighted by atomic mass is 32.2. The molecule has 0 aromatic heterocycles. The van der Waals surface area contributed by atoms with Crippen LogP contribution in [0.15, 0.2) is 0 Å². The standard InChI is InChI=1S/C10H18O2S/c1-3-9(10(11)12-2)13-8-6-4-5-7-8/h8-9H,3-7H2,1-2H3. The van der Waals surface area contributed by atoms with E-state index in [0.717, 1.165) is 6.42 Å². The lowest BCUT2D eigenvalue weighted by atomic mass is 10.3. The van der Waals surface area contributed by atoms with Crippen molar-refractivity contribution in [3.63, 3.8) is 0 Å². The molecule has 1 aliphatic rings. The smallest absolute Gasteiger partial charge is 0.318 e. The normalized spacial score (nSPS) is 20.2. The van der Waals surface area contributed by atoms with Crippen molar-refractivity contribution >= 4 is 17.7 Å². The average Bonchev–Trinajstić information content (AvgIpc) is 2.65. The summed E-state index contributed by atoms with van der Waals surface area (Å²) in [5, 5.41) is 0.761. The second-order valence-electron chi connectivity index (χ2n) is 3.46. The number of ether oxygens (including phenoxy) is 1. The molecule has 0 aliphatic heterocycles. The fourth-order valence-corrected chi connectivity index (χ4v) is 3.18. The van der Waals surface area contributed by atoms with Crippen molar-refractivity contribution in [1.82, 2.24) is 0 Å². The third-order valence-corrected chi connectivity index (χ3v) is 4.20. The molecule has 0 aromatic rings. The van der Waals surface area contributed by atoms with Gasteiger partial charge in [-0.3, -0.25) is 4.79 Å². The van der Waals surface area contributed by atoms with E-state index in [2.05, 4.69) is 0 Å². The quantitative estimate of drug-likeness (QED) is 0.655. The van der Waals surface area contributed by atoms with Gasteiger partial charge in [0.1, 0.15) is 5.25 Å². The highest BCUT2D eigenvalue weighted by molar-refractivity contribution is 8.01. The Morgan fingerprint density at radius 2 is 2.15 bits per heavy atom. The molecule has 1 rings (SSSR count). The second-order valence-corrected chi connectivity index (χ2v) is 4.97. The van der Waals surface area contributed by atoms with Crippen LogP contribution >= 0.6 is 11.8 Å². The Morgan fingerprint density at radius 3 is 2.62 bits per heavy atom. The lowest BCUT2D eigenvalue weighted by Crippen LogP contribution is -2.20. The number of methoxy groups -OCH3 is 1. The van der Waals surface area contributed by atoms with Gasteiger partial charge in [-0.2, -0.15) is 0 Å². The maximum absolute atomic E-state index is 11.3. The minimum Gasteiger partial charge on any atom is -0.468 e. The molecule has 0 N–H and O–H groups in total. The van der Waals surface area contributed by atoms with Crippen LogP contribution in [0.3, 0.4) is 0 Å². The maximum Gasteiger partial charge on any atom is 0.318 e. The highest BCUT2D eigenvalue weighted by Gasteiger charge is 2.24. The fourth-order valence-electron chi connectivity index (χ4n) is 1.71. The molecule has 1 atom stereocenters. The van der Waals surface area contributed by atoms with Gasteiger partial charge in [0.25, 0.3) is 0 Å². The SMILES string of the molecule is CCC(SC1CCCC1)C(=O)OC. The summed E-state index contributed by atoms with van der Waals surface area (Å²) in [6.07, 6.45) is 6.09. The van der Waals surface area contributed by atoms with E-state index in [9.17, 15) is 4.79 Å². The molecule has 1 fully saturated rings. The lowest BCUT2D eigenvalue weighted by molar-refractivity contribution is -0.140. The van der Waals surface area contributed by atoms with E-state index in [4.69, 9.17) is 4.74 Å². The first-order chi connectivity index (χ1) is 6.27. The number of carbonyl (C=O) groups is 1. The summed E-state index contributed by atoms with van der Waals surface area (Å²) in [6, 6.07) is 0. The number of thioether (sulfide) groups is 1. The Balaban J connectivity index is 2.33. The van der Waals surface area contributed by atoms with Crippen molar-refractivity contribution in [3.8, 4) is 0 Å². The third-order valence-electron chi connectivity index (χ3n) is 2.49. The zero-order valence-corrected chi connectivity index (χ0v) is 9.23. The van der Waals surface area contributed by atoms with E-state index in [1.807, 2.05) is 18.7 Å². The molecule has 2 nitrogen and oxygen atoms in total. The van der Waals surface area contributed by atoms with Gasteiger partial charge in [0.2, 0.25) is 0 Å². The zero-order chi connectivity index (χ0) is 9.68. The minimum atomic E-state index is -0.0561. The van der Waals surface area contributed by atoms with Gasteiger partial charge in [0.05, 0.1) is 7.11 Å². The number of hydrogen-bond acceptors (Lipinski definition) is 3. The summed E-state index contributed by atoms with van der Waals surface area (Å²) in [5.74, 6) is -0.0561. The van der Waals surface area contributed by atoms with Crippen LogP contribution in [0.25, 0.3) is 0 Å². The molecule has 0 aromatic carbocycles. The number of carbonyl (C=O) groups excluding carboxylic acids is 1. The Hall–Kier alpha value is -0.180. The van der Waals surface area contributed by atoms with E-state index in [1.54, 1.807) is 0 Å². The number of rotatable bonds is 4. The van der Waals surface area contributed by atoms with Crippen LogP contribution in [-0.4, -0.2) is 23.6 Å². The molecule has 1 saturated carbocycles. The third kappa shape index (κ3) is 3.22. The molecule has 1 aliphatic carbocycles. The van der Waals surface area contributed by atoms with Crippen LogP contribution in [0.1, 0.15) is 39.0 Å². The lowest BCUT2D eigenvalue weighted by Gasteiger charge is -2.16. The molecule has 0 saturated heterocycles. The Morgan fingerprint density at radius 1 is 1.54 bits per heavy atom. The van der Waals surface area contributed by atoms with Crippen molar-refractivity contribution in [1.29, 1.82) is 0 Å². The zero-order valence-electron chi connectivity index (χ0n) is 8.41. The van der Waals surface area contributed by atoms with Crippen LogP contribution in [-0.2, 0) is 9.53 Å². The summed E-state index contributed by atoms with van der Waals surface area (Å²) in [7, 11) is 1.47. The van der Waals surface area contributed by atoms with E-state index in [1.165, 1.54) is 32.8 Å². The van der Waals surface area contributed by atoms with Crippen LogP contribution in [0.4, 0.5) is 0 Å². The van der Waals surface area contributed by atoms with Gasteiger partial charge < -0.3 is 4.74 Å². The molecule has 0 heterocycles. The first-order valence-corrected chi connectivity index (χ1v) is 5.95. The molecule has 0 amide bonds. The molecule has 13 heavy (non-hydrogen) atoms. The fraction of sp³-hybridized carbons (Fsp3) is 0.900. The molecule has 0 radical (unpaired) electrons. The average molecular weight is 202 g/mol. The summed E-state index contributed by atoms with van der Waals surface area (Å²) in [5.41, 5.74) is 0. The second kappa shape index (κ2) is 5.53. The van der Waals surface area contributed by atoms with Gasteiger partial charge >= 0.3 is 5.97 Å². The largest absolute Gasteiger partial charge is 0.468 e. The molecule has 1 unspecified atom stereocenters. The number of hydrogen-bond donors (Lipinski definition) is 0. The molecule has 0 spiro atoms. The van der Waals surface area contributed by atoms with Crippen LogP contribution in [0.2, 0.25) is 0 Å². The number of esters is 1. The van der Waals surface area contributed by atoms with E-state index in [-0.39, 0.29) is 11.2 Å². The molecule has 0 bridgehead atoms. The molecular weight excluding hydrogens is 184 g/mol. The summed E-state index contributed by atoms with van der Waals surface area (Å²) < 4.78 is 4.75. The first kappa shape index (κ1) is 10.9. The van der Waals surface area contributed by atoms with Crippen molar-refractivity contribution in [2.75, 3.05) is 7.11 Å². The van der Waals surface area contributed by atoms with Crippen LogP contribution in [0, 0.1) is 0 Å². The first-order valence-electron chi connectivity index (χ1n) is 5.01. The maximum atomic E-state index is 11.3. The Labute approximate surface area is 84.4 Å². The van der Waals surface area contributed by atoms with Crippen molar-refractivity contribution in [3.05, 3.63) is 0 Å². The van der Waals surface area contributed by atoms with E-state index >= 15 is 0 Å². The Bertz CT molecular complexity index is 164. The van der Waals surface area contributed by atoms with Gasteiger partial charge in [-0.15, -0.1) is 11.8 Å². The van der Waals surface area contributed by atoms with Crippen molar-refractivity contribution < 1.29 is 9.53 Å². The molecular formula is C10H18O2S. The van der Waals surface area contributed by atoms with Gasteiger partial charge in [-0.05, 0) is 19.3 Å². The predicted molar refractivity (Wildman–Crippen MR) is 55.9 cm³/mol. The summed E-state index contributed by atoms with van der Waals surface area (Å²) >= 11 is 1.81. The van der Waals surface area contributed by atoms with Crippen LogP contribution in [0.5, 0.6) is 0 Å². The molecule has 3 heteroatoms. The van der Waals surface area contributed by atoms with Crippen molar-refractivity contribution in [2.24, 2.45) is 0 Å². The minimum absolute atomic E-state index is 0.0561. The van der Waals surface area contributed by atoms with Gasteiger partial charge in [0, 0.05) is 5.25 Å². The van der Waals surface area contributed by atoms with E-state index < -0.39 is 0 Å². The van der Waals surface area contributed by atoms with Crippen LogP contribution < -0.4 is 0 Å². The summed E-state index contributed by atoms with van der Waals surface area (Å²) in [4.78, 5) is 11.3. The molecule has 76 valence electrons. The van der Waals surface area contributed by atoms with Gasteiger partial charge in [-0.25, -0.2) is 0 Å². The van der Waals surface area contributed by atoms with E-state index in [0.29, 0.717) is 5.25 Å². The highest BCUT2D eigenvalue weighted by Crippen LogP contribution is 2.33. The van der Waals surface area contributed by atoms with Crippen molar-refractivity contribution in [2.45, 2.75) is 49.5 Å². The Kier molecular flexibility index (Phi) is 4.64. The summed E-state index contributed by atoms with van der Waals surface area (Å²) in [6.45, 7) is 2.05. The monoisotopic (exact) mass is 202 g/mol. The predicted octanol–water partition coefficient (Wildman–Crippen LogP) is 2.61. The topological polar surface area (TPSA) is 26.3 Å². The van der Waals surface area contributed by atoms with Gasteiger partial charge in [0.15, 0.2) is 0 Å². The van der Waals surface area contributed by atoms with Gasteiger partial charge in [-0.1, -0.05) is 19.8 Å².